The summed E-state index contributed by atoms with van der Waals surface area (Å²) >= 11 is 0. The van der Waals surface area contributed by atoms with Gasteiger partial charge in [0.15, 0.2) is 0 Å². The van der Waals surface area contributed by atoms with Gasteiger partial charge < -0.3 is 14.8 Å². The summed E-state index contributed by atoms with van der Waals surface area (Å²) in [4.78, 5) is 14.9. The Hall–Kier alpha value is -1.59. The number of hydrogen-bond acceptors (Lipinski definition) is 4. The van der Waals surface area contributed by atoms with Gasteiger partial charge >= 0.3 is 0 Å². The third-order valence-electron chi connectivity index (χ3n) is 4.86. The van der Waals surface area contributed by atoms with Crippen LogP contribution in [0.5, 0.6) is 5.75 Å². The fourth-order valence-electron chi connectivity index (χ4n) is 3.02. The summed E-state index contributed by atoms with van der Waals surface area (Å²) in [7, 11) is 0. The highest BCUT2D eigenvalue weighted by atomic mass is 16.5. The zero-order valence-electron chi connectivity index (χ0n) is 15.8. The highest BCUT2D eigenvalue weighted by molar-refractivity contribution is 5.97. The van der Waals surface area contributed by atoms with Crippen LogP contribution in [0.25, 0.3) is 0 Å². The Morgan fingerprint density at radius 1 is 1.16 bits per heavy atom. The van der Waals surface area contributed by atoms with Crippen molar-refractivity contribution in [3.8, 4) is 5.75 Å². The fraction of sp³-hybridized carbons (Fsp3) is 0.650. The molecule has 0 aromatic heterocycles. The van der Waals surface area contributed by atoms with E-state index in [1.165, 1.54) is 32.4 Å². The van der Waals surface area contributed by atoms with Gasteiger partial charge in [0.2, 0.25) is 0 Å². The average molecular weight is 348 g/mol. The second kappa shape index (κ2) is 9.78. The maximum Gasteiger partial charge on any atom is 0.256 e. The van der Waals surface area contributed by atoms with Crippen LogP contribution in [0, 0.1) is 0 Å². The van der Waals surface area contributed by atoms with Crippen LogP contribution in [0.15, 0.2) is 24.3 Å². The lowest BCUT2D eigenvalue weighted by Gasteiger charge is -2.27. The first-order chi connectivity index (χ1) is 12.1. The number of rotatable bonds is 9. The largest absolute Gasteiger partial charge is 0.492 e. The SMILES string of the molecule is CCOC(C)(CC)C(=O)Nc1ccc(OCCN2CCCCC2)cc1. The molecule has 0 radical (unpaired) electrons. The van der Waals surface area contributed by atoms with Gasteiger partial charge in [-0.05, 0) is 70.5 Å². The van der Waals surface area contributed by atoms with Crippen molar-refractivity contribution in [2.45, 2.75) is 52.1 Å². The third kappa shape index (κ3) is 6.01. The second-order valence-corrected chi connectivity index (χ2v) is 6.75. The molecule has 1 aromatic rings. The Kier molecular flexibility index (Phi) is 7.72. The highest BCUT2D eigenvalue weighted by Gasteiger charge is 2.31. The van der Waals surface area contributed by atoms with Crippen molar-refractivity contribution in [2.24, 2.45) is 0 Å². The van der Waals surface area contributed by atoms with Crippen LogP contribution in [0.3, 0.4) is 0 Å². The second-order valence-electron chi connectivity index (χ2n) is 6.75. The predicted molar refractivity (Wildman–Crippen MR) is 101 cm³/mol. The standard InChI is InChI=1S/C20H32N2O3/c1-4-20(3,25-5-2)19(23)21-17-9-11-18(12-10-17)24-16-15-22-13-7-6-8-14-22/h9-12H,4-8,13-16H2,1-3H3,(H,21,23). The van der Waals surface area contributed by atoms with E-state index < -0.39 is 5.60 Å². The van der Waals surface area contributed by atoms with E-state index in [9.17, 15) is 4.79 Å². The molecule has 0 bridgehead atoms. The Morgan fingerprint density at radius 3 is 2.44 bits per heavy atom. The lowest BCUT2D eigenvalue weighted by Crippen LogP contribution is -2.42. The first-order valence-corrected chi connectivity index (χ1v) is 9.48. The molecule has 1 N–H and O–H groups in total. The van der Waals surface area contributed by atoms with Gasteiger partial charge in [0, 0.05) is 18.8 Å². The van der Waals surface area contributed by atoms with Crippen molar-refractivity contribution in [2.75, 3.05) is 38.2 Å². The monoisotopic (exact) mass is 348 g/mol. The number of benzene rings is 1. The minimum absolute atomic E-state index is 0.115. The highest BCUT2D eigenvalue weighted by Crippen LogP contribution is 2.21. The topological polar surface area (TPSA) is 50.8 Å². The summed E-state index contributed by atoms with van der Waals surface area (Å²) in [5, 5.41) is 2.93. The van der Waals surface area contributed by atoms with Crippen molar-refractivity contribution in [1.82, 2.24) is 4.90 Å². The quantitative estimate of drug-likeness (QED) is 0.739. The van der Waals surface area contributed by atoms with Gasteiger partial charge in [0.05, 0.1) is 0 Å². The number of anilines is 1. The van der Waals surface area contributed by atoms with Crippen molar-refractivity contribution in [1.29, 1.82) is 0 Å². The maximum atomic E-state index is 12.4. The van der Waals surface area contributed by atoms with E-state index in [1.807, 2.05) is 45.0 Å². The van der Waals surface area contributed by atoms with Gasteiger partial charge in [0.25, 0.3) is 5.91 Å². The first kappa shape index (κ1) is 19.7. The molecule has 1 atom stereocenters. The molecule has 1 aromatic carbocycles. The Bertz CT molecular complexity index is 526. The Morgan fingerprint density at radius 2 is 1.84 bits per heavy atom. The fourth-order valence-corrected chi connectivity index (χ4v) is 3.02. The predicted octanol–water partition coefficient (Wildman–Crippen LogP) is 3.70. The van der Waals surface area contributed by atoms with Crippen molar-refractivity contribution in [3.63, 3.8) is 0 Å². The van der Waals surface area contributed by atoms with Crippen LogP contribution in [-0.2, 0) is 9.53 Å². The molecule has 25 heavy (non-hydrogen) atoms. The van der Waals surface area contributed by atoms with E-state index in [1.54, 1.807) is 0 Å². The summed E-state index contributed by atoms with van der Waals surface area (Å²) in [6.07, 6.45) is 4.58. The number of piperidine rings is 1. The molecule has 1 amide bonds. The van der Waals surface area contributed by atoms with E-state index in [4.69, 9.17) is 9.47 Å². The molecule has 0 spiro atoms. The van der Waals surface area contributed by atoms with Gasteiger partial charge in [-0.15, -0.1) is 0 Å². The van der Waals surface area contributed by atoms with Crippen molar-refractivity contribution < 1.29 is 14.3 Å². The Balaban J connectivity index is 1.79. The molecule has 0 saturated carbocycles. The molecule has 2 rings (SSSR count). The number of amides is 1. The number of nitrogens with zero attached hydrogens (tertiary/aromatic N) is 1. The van der Waals surface area contributed by atoms with Gasteiger partial charge in [0.1, 0.15) is 18.0 Å². The molecular weight excluding hydrogens is 316 g/mol. The van der Waals surface area contributed by atoms with Crippen LogP contribution in [0.4, 0.5) is 5.69 Å². The zero-order chi connectivity index (χ0) is 18.1. The molecule has 5 heteroatoms. The van der Waals surface area contributed by atoms with Crippen LogP contribution in [0.2, 0.25) is 0 Å². The number of ether oxygens (including phenoxy) is 2. The minimum Gasteiger partial charge on any atom is -0.492 e. The lowest BCUT2D eigenvalue weighted by atomic mass is 10.0. The molecule has 1 saturated heterocycles. The summed E-state index contributed by atoms with van der Waals surface area (Å²) in [5.41, 5.74) is -0.0361. The van der Waals surface area contributed by atoms with Crippen LogP contribution >= 0.6 is 0 Å². The number of nitrogens with one attached hydrogen (secondary N) is 1. The van der Waals surface area contributed by atoms with Crippen LogP contribution < -0.4 is 10.1 Å². The summed E-state index contributed by atoms with van der Waals surface area (Å²) in [6.45, 7) is 10.2. The lowest BCUT2D eigenvalue weighted by molar-refractivity contribution is -0.139. The molecular formula is C20H32N2O3. The van der Waals surface area contributed by atoms with Crippen LogP contribution in [0.1, 0.15) is 46.5 Å². The molecule has 1 aliphatic heterocycles. The van der Waals surface area contributed by atoms with Crippen LogP contribution in [-0.4, -0.2) is 49.3 Å². The van der Waals surface area contributed by atoms with Crippen molar-refractivity contribution >= 4 is 11.6 Å². The third-order valence-corrected chi connectivity index (χ3v) is 4.86. The average Bonchev–Trinajstić information content (AvgIpc) is 2.64. The first-order valence-electron chi connectivity index (χ1n) is 9.48. The van der Waals surface area contributed by atoms with E-state index in [2.05, 4.69) is 10.2 Å². The zero-order valence-corrected chi connectivity index (χ0v) is 15.8. The van der Waals surface area contributed by atoms with Gasteiger partial charge in [-0.3, -0.25) is 9.69 Å². The molecule has 0 aliphatic carbocycles. The number of hydrogen-bond donors (Lipinski definition) is 1. The maximum absolute atomic E-state index is 12.4. The number of carbonyl (C=O) groups is 1. The minimum atomic E-state index is -0.793. The summed E-state index contributed by atoms with van der Waals surface area (Å²) < 4.78 is 11.4. The van der Waals surface area contributed by atoms with Gasteiger partial charge in [-0.25, -0.2) is 0 Å². The van der Waals surface area contributed by atoms with E-state index in [0.29, 0.717) is 19.6 Å². The molecule has 1 aliphatic rings. The molecule has 1 fully saturated rings. The summed E-state index contributed by atoms with van der Waals surface area (Å²) in [5.74, 6) is 0.716. The number of carbonyl (C=O) groups excluding carboxylic acids is 1. The molecule has 140 valence electrons. The Labute approximate surface area is 151 Å². The van der Waals surface area contributed by atoms with Gasteiger partial charge in [-0.2, -0.15) is 0 Å². The van der Waals surface area contributed by atoms with Gasteiger partial charge in [-0.1, -0.05) is 13.3 Å². The summed E-state index contributed by atoms with van der Waals surface area (Å²) in [6, 6.07) is 7.54. The molecule has 1 unspecified atom stereocenters. The van der Waals surface area contributed by atoms with Crippen molar-refractivity contribution in [3.05, 3.63) is 24.3 Å². The number of likely N-dealkylation sites (tertiary alicyclic amines) is 1. The normalized spacial score (nSPS) is 17.7. The molecule has 5 nitrogen and oxygen atoms in total. The molecule has 1 heterocycles. The smallest absolute Gasteiger partial charge is 0.256 e. The van der Waals surface area contributed by atoms with E-state index >= 15 is 0 Å². The van der Waals surface area contributed by atoms with E-state index in [-0.39, 0.29) is 5.91 Å². The van der Waals surface area contributed by atoms with E-state index in [0.717, 1.165) is 18.0 Å².